The molecule has 1 amide bonds. The molecular formula is C11H17F2NO4. The van der Waals surface area contributed by atoms with Gasteiger partial charge in [-0.1, -0.05) is 12.8 Å². The first-order valence-electron chi connectivity index (χ1n) is 5.80. The van der Waals surface area contributed by atoms with Crippen LogP contribution in [0.3, 0.4) is 0 Å². The molecule has 7 heteroatoms. The van der Waals surface area contributed by atoms with E-state index in [1.807, 2.05) is 5.32 Å². The zero-order valence-electron chi connectivity index (χ0n) is 9.92. The second kappa shape index (κ2) is 5.60. The Bertz CT molecular complexity index is 327. The highest BCUT2D eigenvalue weighted by molar-refractivity contribution is 5.85. The van der Waals surface area contributed by atoms with Crippen LogP contribution in [-0.4, -0.2) is 41.2 Å². The molecule has 0 aromatic carbocycles. The molecule has 1 aliphatic carbocycles. The van der Waals surface area contributed by atoms with Gasteiger partial charge in [0.2, 0.25) is 5.91 Å². The second-order valence-electron chi connectivity index (χ2n) is 4.76. The molecule has 0 aliphatic heterocycles. The summed E-state index contributed by atoms with van der Waals surface area (Å²) < 4.78 is 25.4. The van der Waals surface area contributed by atoms with E-state index in [1.54, 1.807) is 0 Å². The van der Waals surface area contributed by atoms with Crippen LogP contribution in [0.15, 0.2) is 0 Å². The quantitative estimate of drug-likeness (QED) is 0.662. The van der Waals surface area contributed by atoms with E-state index in [2.05, 4.69) is 0 Å². The van der Waals surface area contributed by atoms with Gasteiger partial charge in [0.25, 0.3) is 5.92 Å². The standard InChI is InChI=1S/C11H17F2NO4/c12-11(13,7-15)6-14-8(16)5-10(9(17)18)3-1-2-4-10/h15H,1-7H2,(H,14,16)(H,17,18). The molecule has 0 aromatic rings. The Kier molecular flexibility index (Phi) is 4.61. The second-order valence-corrected chi connectivity index (χ2v) is 4.76. The van der Waals surface area contributed by atoms with Crippen LogP contribution in [0, 0.1) is 5.41 Å². The van der Waals surface area contributed by atoms with Gasteiger partial charge in [0.05, 0.1) is 12.0 Å². The number of halogens is 2. The Hall–Kier alpha value is -1.24. The number of carboxylic acid groups (broad SMARTS) is 1. The van der Waals surface area contributed by atoms with E-state index < -0.39 is 36.4 Å². The van der Waals surface area contributed by atoms with Crippen molar-refractivity contribution in [1.82, 2.24) is 5.32 Å². The van der Waals surface area contributed by atoms with Gasteiger partial charge in [0.15, 0.2) is 0 Å². The average molecular weight is 265 g/mol. The lowest BCUT2D eigenvalue weighted by Gasteiger charge is -2.23. The monoisotopic (exact) mass is 265 g/mol. The van der Waals surface area contributed by atoms with Crippen LogP contribution in [-0.2, 0) is 9.59 Å². The van der Waals surface area contributed by atoms with Crippen LogP contribution in [0.4, 0.5) is 8.78 Å². The molecule has 1 rings (SSSR count). The molecule has 1 saturated carbocycles. The smallest absolute Gasteiger partial charge is 0.310 e. The zero-order valence-corrected chi connectivity index (χ0v) is 9.92. The zero-order chi connectivity index (χ0) is 13.8. The summed E-state index contributed by atoms with van der Waals surface area (Å²) in [6.07, 6.45) is 1.96. The third kappa shape index (κ3) is 3.63. The van der Waals surface area contributed by atoms with Gasteiger partial charge in [-0.15, -0.1) is 0 Å². The van der Waals surface area contributed by atoms with Crippen molar-refractivity contribution < 1.29 is 28.6 Å². The summed E-state index contributed by atoms with van der Waals surface area (Å²) in [5.74, 6) is -5.14. The molecular weight excluding hydrogens is 248 g/mol. The minimum absolute atomic E-state index is 0.288. The SMILES string of the molecule is O=C(CC1(C(=O)O)CCCC1)NCC(F)(F)CO. The highest BCUT2D eigenvalue weighted by Crippen LogP contribution is 2.41. The van der Waals surface area contributed by atoms with Crippen LogP contribution < -0.4 is 5.32 Å². The van der Waals surface area contributed by atoms with Crippen LogP contribution in [0.25, 0.3) is 0 Å². The van der Waals surface area contributed by atoms with Crippen molar-refractivity contribution in [3.05, 3.63) is 0 Å². The molecule has 3 N–H and O–H groups in total. The largest absolute Gasteiger partial charge is 0.481 e. The highest BCUT2D eigenvalue weighted by atomic mass is 19.3. The van der Waals surface area contributed by atoms with Gasteiger partial charge in [-0.25, -0.2) is 8.78 Å². The molecule has 5 nitrogen and oxygen atoms in total. The van der Waals surface area contributed by atoms with Crippen LogP contribution in [0.2, 0.25) is 0 Å². The Morgan fingerprint density at radius 1 is 1.28 bits per heavy atom. The fraction of sp³-hybridized carbons (Fsp3) is 0.818. The number of aliphatic hydroxyl groups excluding tert-OH is 1. The lowest BCUT2D eigenvalue weighted by Crippen LogP contribution is -2.42. The molecule has 0 bridgehead atoms. The summed E-state index contributed by atoms with van der Waals surface area (Å²) in [5, 5.41) is 19.4. The number of hydrogen-bond acceptors (Lipinski definition) is 3. The van der Waals surface area contributed by atoms with Gasteiger partial charge in [-0.05, 0) is 12.8 Å². The van der Waals surface area contributed by atoms with E-state index >= 15 is 0 Å². The maximum atomic E-state index is 12.7. The van der Waals surface area contributed by atoms with Crippen LogP contribution >= 0.6 is 0 Å². The number of carboxylic acids is 1. The molecule has 1 aliphatic rings. The summed E-state index contributed by atoms with van der Waals surface area (Å²) in [6.45, 7) is -2.32. The fourth-order valence-corrected chi connectivity index (χ4v) is 2.17. The van der Waals surface area contributed by atoms with E-state index in [9.17, 15) is 18.4 Å². The summed E-state index contributed by atoms with van der Waals surface area (Å²) in [7, 11) is 0. The molecule has 18 heavy (non-hydrogen) atoms. The number of rotatable bonds is 6. The van der Waals surface area contributed by atoms with E-state index in [-0.39, 0.29) is 6.42 Å². The third-order valence-electron chi connectivity index (χ3n) is 3.29. The number of aliphatic carboxylic acids is 1. The number of carbonyl (C=O) groups excluding carboxylic acids is 1. The first-order chi connectivity index (χ1) is 8.31. The number of aliphatic hydroxyl groups is 1. The van der Waals surface area contributed by atoms with E-state index in [0.717, 1.165) is 12.8 Å². The minimum Gasteiger partial charge on any atom is -0.481 e. The maximum absolute atomic E-state index is 12.7. The molecule has 0 saturated heterocycles. The number of nitrogens with one attached hydrogen (secondary N) is 1. The Labute approximate surface area is 103 Å². The van der Waals surface area contributed by atoms with Crippen LogP contribution in [0.5, 0.6) is 0 Å². The van der Waals surface area contributed by atoms with Crippen LogP contribution in [0.1, 0.15) is 32.1 Å². The minimum atomic E-state index is -3.37. The van der Waals surface area contributed by atoms with Crippen molar-refractivity contribution in [2.75, 3.05) is 13.2 Å². The van der Waals surface area contributed by atoms with Gasteiger partial charge in [-0.3, -0.25) is 9.59 Å². The van der Waals surface area contributed by atoms with Crippen molar-refractivity contribution in [3.63, 3.8) is 0 Å². The predicted octanol–water partition coefficient (Wildman–Crippen LogP) is 0.765. The fourth-order valence-electron chi connectivity index (χ4n) is 2.17. The number of alkyl halides is 2. The molecule has 1 fully saturated rings. The van der Waals surface area contributed by atoms with Gasteiger partial charge in [-0.2, -0.15) is 0 Å². The molecule has 0 unspecified atom stereocenters. The summed E-state index contributed by atoms with van der Waals surface area (Å²) in [5.41, 5.74) is -1.11. The molecule has 0 heterocycles. The van der Waals surface area contributed by atoms with Crippen molar-refractivity contribution in [1.29, 1.82) is 0 Å². The van der Waals surface area contributed by atoms with Crippen molar-refractivity contribution in [2.45, 2.75) is 38.0 Å². The Balaban J connectivity index is 2.51. The normalized spacial score (nSPS) is 18.6. The van der Waals surface area contributed by atoms with Crippen molar-refractivity contribution >= 4 is 11.9 Å². The van der Waals surface area contributed by atoms with Gasteiger partial charge >= 0.3 is 5.97 Å². The van der Waals surface area contributed by atoms with Crippen molar-refractivity contribution in [2.24, 2.45) is 5.41 Å². The average Bonchev–Trinajstić information content (AvgIpc) is 2.76. The van der Waals surface area contributed by atoms with E-state index in [0.29, 0.717) is 12.8 Å². The highest BCUT2D eigenvalue weighted by Gasteiger charge is 2.43. The van der Waals surface area contributed by atoms with Gasteiger partial charge < -0.3 is 15.5 Å². The number of amides is 1. The number of hydrogen-bond donors (Lipinski definition) is 3. The third-order valence-corrected chi connectivity index (χ3v) is 3.29. The lowest BCUT2D eigenvalue weighted by molar-refractivity contribution is -0.151. The summed E-state index contributed by atoms with van der Waals surface area (Å²) in [6, 6.07) is 0. The molecule has 0 spiro atoms. The molecule has 0 radical (unpaired) electrons. The first-order valence-corrected chi connectivity index (χ1v) is 5.80. The van der Waals surface area contributed by atoms with E-state index in [4.69, 9.17) is 10.2 Å². The number of carbonyl (C=O) groups is 2. The predicted molar refractivity (Wildman–Crippen MR) is 58.2 cm³/mol. The lowest BCUT2D eigenvalue weighted by atomic mass is 9.82. The van der Waals surface area contributed by atoms with E-state index in [1.165, 1.54) is 0 Å². The maximum Gasteiger partial charge on any atom is 0.310 e. The molecule has 0 atom stereocenters. The Morgan fingerprint density at radius 3 is 2.28 bits per heavy atom. The Morgan fingerprint density at radius 2 is 1.83 bits per heavy atom. The van der Waals surface area contributed by atoms with Gasteiger partial charge in [0, 0.05) is 6.42 Å². The molecule has 0 aromatic heterocycles. The van der Waals surface area contributed by atoms with Crippen molar-refractivity contribution in [3.8, 4) is 0 Å². The first kappa shape index (κ1) is 14.8. The van der Waals surface area contributed by atoms with Gasteiger partial charge in [0.1, 0.15) is 6.61 Å². The topological polar surface area (TPSA) is 86.6 Å². The summed E-state index contributed by atoms with van der Waals surface area (Å²) >= 11 is 0. The molecule has 104 valence electrons. The summed E-state index contributed by atoms with van der Waals surface area (Å²) in [4.78, 5) is 22.6.